The first-order chi connectivity index (χ1) is 66.7. The number of hydrogen-bond acceptors (Lipinski definition) is 4. The van der Waals surface area contributed by atoms with Crippen molar-refractivity contribution in [2.45, 2.75) is 265 Å². The van der Waals surface area contributed by atoms with Crippen molar-refractivity contribution in [3.63, 3.8) is 0 Å². The van der Waals surface area contributed by atoms with E-state index in [-0.39, 0.29) is 62.7 Å². The molecule has 0 unspecified atom stereocenters. The molecule has 16 heteroatoms. The molecule has 0 radical (unpaired) electrons. The van der Waals surface area contributed by atoms with E-state index in [9.17, 15) is 62.3 Å². The molecule has 0 heterocycles. The molecule has 0 N–H and O–H groups in total. The van der Waals surface area contributed by atoms with Crippen LogP contribution < -0.4 is 9.47 Å². The lowest BCUT2D eigenvalue weighted by molar-refractivity contribution is 0.103. The highest BCUT2D eigenvalue weighted by atomic mass is 19.2. The molecule has 0 bridgehead atoms. The van der Waals surface area contributed by atoms with Crippen LogP contribution in [0, 0.1) is 200 Å². The maximum atomic E-state index is 13.4. The summed E-state index contributed by atoms with van der Waals surface area (Å²) in [6.45, 7) is 31.3. The van der Waals surface area contributed by atoms with Crippen LogP contribution in [0.15, 0.2) is 218 Å². The Morgan fingerprint density at radius 1 is 0.221 bits per heavy atom. The van der Waals surface area contributed by atoms with Crippen LogP contribution in [0.4, 0.5) is 52.7 Å². The fraction of sp³-hybridized carbons (Fsp3) is 0.403. The zero-order chi connectivity index (χ0) is 102. The number of carbonyl (C=O) groups is 2. The molecule has 0 saturated heterocycles. The highest BCUT2D eigenvalue weighted by Gasteiger charge is 2.25. The van der Waals surface area contributed by atoms with E-state index in [0.717, 1.165) is 139 Å². The van der Waals surface area contributed by atoms with E-state index in [1.165, 1.54) is 195 Å². The number of ketones is 2. The van der Waals surface area contributed by atoms with Crippen molar-refractivity contribution in [1.82, 2.24) is 0 Å². The SMILES string of the molecule is Cc1c(F)cc(CCC2CCC(C)CC2)cc1F.Cc1c(F)cc(OCC2CCC(C)CC2)cc1F.Cc1ccc(C(=O)c2cc(F)c(C)c(F)c2)cc1.Cc1ccc(C(=O)c2ccc(C)c(F)c2)cc1.Cc1ccc(CCC2CCC(C)CC2)cc1F.Cc1ccc(CCc2cc(F)c(C)c(F)c2)cc1.Cc1ccc(CCc2ccc(C)c(F)c2)cc1.Cc1ccc(OCC2CCC(C)CC2)cc1F. The summed E-state index contributed by atoms with van der Waals surface area (Å²) >= 11 is 0. The molecule has 12 aromatic carbocycles. The number of hydrogen-bond donors (Lipinski definition) is 0. The molecule has 0 aromatic heterocycles. The quantitative estimate of drug-likeness (QED) is 0.0501. The maximum Gasteiger partial charge on any atom is 0.193 e. The first kappa shape index (κ1) is 112. The molecule has 4 nitrogen and oxygen atoms in total. The summed E-state index contributed by atoms with van der Waals surface area (Å²) in [6, 6.07) is 62.2. The Balaban J connectivity index is 0.000000179. The van der Waals surface area contributed by atoms with Crippen molar-refractivity contribution >= 4 is 11.6 Å². The van der Waals surface area contributed by atoms with Crippen molar-refractivity contribution in [1.29, 1.82) is 0 Å². The van der Waals surface area contributed by atoms with Gasteiger partial charge in [-0.3, -0.25) is 9.59 Å². The van der Waals surface area contributed by atoms with E-state index in [1.54, 1.807) is 87.5 Å². The number of aryl methyl sites for hydroxylation is 14. The van der Waals surface area contributed by atoms with E-state index in [2.05, 4.69) is 77.1 Å². The largest absolute Gasteiger partial charge is 0.493 e. The van der Waals surface area contributed by atoms with Gasteiger partial charge in [0.15, 0.2) is 11.6 Å². The average molecular weight is 1930 g/mol. The molecule has 0 amide bonds. The smallest absolute Gasteiger partial charge is 0.193 e. The fourth-order valence-corrected chi connectivity index (χ4v) is 17.4. The van der Waals surface area contributed by atoms with Crippen molar-refractivity contribution in [2.24, 2.45) is 47.3 Å². The Morgan fingerprint density at radius 3 is 0.800 bits per heavy atom. The fourth-order valence-electron chi connectivity index (χ4n) is 17.4. The van der Waals surface area contributed by atoms with Crippen LogP contribution in [0.1, 0.15) is 275 Å². The van der Waals surface area contributed by atoms with Crippen LogP contribution in [-0.2, 0) is 38.5 Å². The third-order valence-corrected chi connectivity index (χ3v) is 28.0. The van der Waals surface area contributed by atoms with Gasteiger partial charge < -0.3 is 9.47 Å². The van der Waals surface area contributed by atoms with Crippen LogP contribution in [0.2, 0.25) is 0 Å². The van der Waals surface area contributed by atoms with E-state index >= 15 is 0 Å². The summed E-state index contributed by atoms with van der Waals surface area (Å²) in [5.74, 6) is 1.73. The molecule has 140 heavy (non-hydrogen) atoms. The topological polar surface area (TPSA) is 52.6 Å². The number of benzene rings is 12. The van der Waals surface area contributed by atoms with E-state index in [4.69, 9.17) is 9.47 Å². The normalized spacial score (nSPS) is 17.5. The van der Waals surface area contributed by atoms with Crippen LogP contribution in [0.5, 0.6) is 11.5 Å². The third-order valence-electron chi connectivity index (χ3n) is 28.0. The lowest BCUT2D eigenvalue weighted by atomic mass is 9.80. The minimum atomic E-state index is -0.703. The molecule has 4 aliphatic carbocycles. The highest BCUT2D eigenvalue weighted by molar-refractivity contribution is 6.09. The number of carbonyl (C=O) groups excluding carboxylic acids is 2. The summed E-state index contributed by atoms with van der Waals surface area (Å²) in [4.78, 5) is 24.1. The Kier molecular flexibility index (Phi) is 45.3. The molecule has 4 saturated carbocycles. The van der Waals surface area contributed by atoms with Crippen LogP contribution >= 0.6 is 0 Å². The molecular formula is C124H144F12O4. The second-order valence-corrected chi connectivity index (χ2v) is 40.1. The van der Waals surface area contributed by atoms with Crippen molar-refractivity contribution in [3.8, 4) is 11.5 Å². The Hall–Kier alpha value is -11.3. The summed E-state index contributed by atoms with van der Waals surface area (Å²) in [6.07, 6.45) is 27.9. The van der Waals surface area contributed by atoms with Gasteiger partial charge in [-0.1, -0.05) is 267 Å². The van der Waals surface area contributed by atoms with Gasteiger partial charge in [-0.15, -0.1) is 0 Å². The van der Waals surface area contributed by atoms with Crippen LogP contribution in [-0.4, -0.2) is 24.8 Å². The standard InChI is InChI=1S/C16H22F2.C16H16F2.C16H23F.C16H17F.C15H20F2O.C15H12F2O.C15H21FO.C15H13FO/c2*1-11-3-5-13(6-4-11)7-8-14-9-15(17)12(2)16(18)10-14;2*1-12-3-6-14(7-4-12)9-10-15-8-5-13(2)16(17)11-15;1-10-3-5-12(6-4-10)9-18-13-7-14(16)11(2)15(17)8-13;1-9-3-5-11(6-4-9)15(18)12-7-13(16)10(2)14(17)8-12;1-11-3-6-13(7-4-11)10-17-14-8-5-12(2)15(16)9-14;1-10-3-6-12(7-4-10)15(17)13-8-5-11(2)14(16)9-13/h9-11,13H,3-8H2,1-2H3;3-6,9-10H,7-8H2,1-2H3;5,8,11-12,14H,3-4,6-7,9-10H2,1-2H3;3-8,11H,9-10H2,1-2H3;7-8,10,12H,3-6,9H2,1-2H3;3-8H,1-2H3;5,8-9,11,13H,3-4,6-7,10H2,1-2H3;3-9H,1-2H3. The first-order valence-corrected chi connectivity index (χ1v) is 50.1. The lowest BCUT2D eigenvalue weighted by Crippen LogP contribution is -2.18. The summed E-state index contributed by atoms with van der Waals surface area (Å²) in [5.41, 5.74) is 15.1. The average Bonchev–Trinajstić information content (AvgIpc) is 0.824. The van der Waals surface area contributed by atoms with E-state index < -0.39 is 46.5 Å². The van der Waals surface area contributed by atoms with E-state index in [0.29, 0.717) is 75.3 Å². The molecule has 0 spiro atoms. The zero-order valence-corrected chi connectivity index (χ0v) is 85.0. The molecular weight excluding hydrogens is 1780 g/mol. The number of halogens is 12. The van der Waals surface area contributed by atoms with Gasteiger partial charge in [-0.05, 0) is 324 Å². The minimum Gasteiger partial charge on any atom is -0.493 e. The van der Waals surface area contributed by atoms with Gasteiger partial charge in [-0.25, -0.2) is 52.7 Å². The second kappa shape index (κ2) is 56.4. The molecule has 0 atom stereocenters. The number of rotatable bonds is 22. The maximum absolute atomic E-state index is 13.4. The van der Waals surface area contributed by atoms with Gasteiger partial charge >= 0.3 is 0 Å². The third kappa shape index (κ3) is 37.6. The minimum absolute atomic E-state index is 0.0273. The molecule has 0 aliphatic heterocycles. The molecule has 748 valence electrons. The van der Waals surface area contributed by atoms with Gasteiger partial charge in [0.05, 0.1) is 13.2 Å². The number of ether oxygens (including phenoxy) is 2. The highest BCUT2D eigenvalue weighted by Crippen LogP contribution is 2.36. The molecule has 12 aromatic rings. The Morgan fingerprint density at radius 2 is 0.450 bits per heavy atom. The predicted octanol–water partition coefficient (Wildman–Crippen LogP) is 34.8. The summed E-state index contributed by atoms with van der Waals surface area (Å²) in [5, 5.41) is 0. The van der Waals surface area contributed by atoms with Crippen molar-refractivity contribution in [3.05, 3.63) is 411 Å². The van der Waals surface area contributed by atoms with Crippen molar-refractivity contribution in [2.75, 3.05) is 13.2 Å². The van der Waals surface area contributed by atoms with Crippen LogP contribution in [0.25, 0.3) is 0 Å². The Bertz CT molecular complexity index is 5650. The van der Waals surface area contributed by atoms with Crippen molar-refractivity contribution < 1.29 is 71.7 Å². The van der Waals surface area contributed by atoms with Gasteiger partial charge in [-0.2, -0.15) is 0 Å². The summed E-state index contributed by atoms with van der Waals surface area (Å²) in [7, 11) is 0. The van der Waals surface area contributed by atoms with Gasteiger partial charge in [0.25, 0.3) is 0 Å². The molecule has 4 aliphatic rings. The predicted molar refractivity (Wildman–Crippen MR) is 547 cm³/mol. The van der Waals surface area contributed by atoms with E-state index in [1.807, 2.05) is 76.2 Å². The first-order valence-electron chi connectivity index (χ1n) is 50.1. The monoisotopic (exact) mass is 1930 g/mol. The summed E-state index contributed by atoms with van der Waals surface area (Å²) < 4.78 is 172. The van der Waals surface area contributed by atoms with Gasteiger partial charge in [0.1, 0.15) is 81.3 Å². The zero-order valence-electron chi connectivity index (χ0n) is 85.0. The molecule has 4 fully saturated rings. The molecule has 16 rings (SSSR count). The van der Waals surface area contributed by atoms with Gasteiger partial charge in [0, 0.05) is 62.7 Å². The van der Waals surface area contributed by atoms with Crippen LogP contribution in [0.3, 0.4) is 0 Å². The lowest BCUT2D eigenvalue weighted by Gasteiger charge is -2.26. The van der Waals surface area contributed by atoms with Gasteiger partial charge in [0.2, 0.25) is 0 Å². The second-order valence-electron chi connectivity index (χ2n) is 40.1. The Labute approximate surface area is 826 Å².